The average Bonchev–Trinajstić information content (AvgIpc) is 3.46. The summed E-state index contributed by atoms with van der Waals surface area (Å²) in [6.45, 7) is 2.27. The number of hydrogen-bond donors (Lipinski definition) is 1. The highest BCUT2D eigenvalue weighted by Gasteiger charge is 2.15. The summed E-state index contributed by atoms with van der Waals surface area (Å²) in [4.78, 5) is 14.7. The Hall–Kier alpha value is -3.24. The third-order valence-electron chi connectivity index (χ3n) is 4.24. The van der Waals surface area contributed by atoms with Crippen molar-refractivity contribution in [2.75, 3.05) is 0 Å². The molecule has 0 bridgehead atoms. The zero-order valence-electron chi connectivity index (χ0n) is 15.1. The number of nitrogens with one attached hydrogen (secondary N) is 1. The first-order valence-electron chi connectivity index (χ1n) is 8.63. The zero-order valence-corrected chi connectivity index (χ0v) is 16.7. The van der Waals surface area contributed by atoms with Crippen LogP contribution in [-0.2, 0) is 6.61 Å². The Morgan fingerprint density at radius 3 is 2.86 bits per heavy atom. The van der Waals surface area contributed by atoms with Gasteiger partial charge >= 0.3 is 6.01 Å². The summed E-state index contributed by atoms with van der Waals surface area (Å²) in [6.07, 6.45) is 3.26. The van der Waals surface area contributed by atoms with Crippen LogP contribution in [0.3, 0.4) is 0 Å². The van der Waals surface area contributed by atoms with Gasteiger partial charge in [0.2, 0.25) is 0 Å². The van der Waals surface area contributed by atoms with Crippen molar-refractivity contribution in [3.63, 3.8) is 0 Å². The van der Waals surface area contributed by atoms with E-state index in [4.69, 9.17) is 4.74 Å². The molecule has 144 valence electrons. The topological polar surface area (TPSA) is 89.5 Å². The minimum Gasteiger partial charge on any atom is -0.456 e. The van der Waals surface area contributed by atoms with Gasteiger partial charge in [-0.2, -0.15) is 0 Å². The monoisotopic (exact) mass is 424 g/mol. The number of halogens is 1. The first-order chi connectivity index (χ1) is 14.2. The third kappa shape index (κ3) is 3.47. The molecule has 7 nitrogen and oxygen atoms in total. The van der Waals surface area contributed by atoms with Crippen LogP contribution >= 0.6 is 22.7 Å². The molecule has 1 aromatic carbocycles. The second kappa shape index (κ2) is 7.30. The summed E-state index contributed by atoms with van der Waals surface area (Å²) in [5.41, 5.74) is 3.56. The third-order valence-corrected chi connectivity index (χ3v) is 6.40. The van der Waals surface area contributed by atoms with Crippen LogP contribution in [0.4, 0.5) is 4.39 Å². The molecule has 5 aromatic rings. The molecule has 4 heterocycles. The molecule has 0 aliphatic rings. The quantitative estimate of drug-likeness (QED) is 0.443. The smallest absolute Gasteiger partial charge is 0.316 e. The van der Waals surface area contributed by atoms with E-state index in [9.17, 15) is 4.39 Å². The number of ether oxygens (including phenoxy) is 1. The lowest BCUT2D eigenvalue weighted by Gasteiger charge is -1.99. The van der Waals surface area contributed by atoms with Gasteiger partial charge in [0.15, 0.2) is 5.82 Å². The van der Waals surface area contributed by atoms with Crippen LogP contribution < -0.4 is 4.74 Å². The van der Waals surface area contributed by atoms with Gasteiger partial charge < -0.3 is 4.74 Å². The summed E-state index contributed by atoms with van der Waals surface area (Å²) < 4.78 is 19.8. The fourth-order valence-corrected chi connectivity index (χ4v) is 4.86. The van der Waals surface area contributed by atoms with Gasteiger partial charge in [-0.15, -0.1) is 27.8 Å². The summed E-state index contributed by atoms with van der Waals surface area (Å²) in [5.74, 6) is -0.367. The molecule has 0 aliphatic carbocycles. The SMILES string of the molecule is Cc1nc(COc2ncccn2)sc1-c1csc(-c2cc(F)c3[nH]nnc3c2)c1. The van der Waals surface area contributed by atoms with Gasteiger partial charge in [0.25, 0.3) is 0 Å². The van der Waals surface area contributed by atoms with E-state index >= 15 is 0 Å². The van der Waals surface area contributed by atoms with Crippen LogP contribution in [-0.4, -0.2) is 30.4 Å². The molecule has 0 radical (unpaired) electrons. The van der Waals surface area contributed by atoms with Gasteiger partial charge in [-0.1, -0.05) is 5.21 Å². The summed E-state index contributed by atoms with van der Waals surface area (Å²) in [6, 6.07) is 7.42. The number of nitrogens with zero attached hydrogens (tertiary/aromatic N) is 5. The van der Waals surface area contributed by atoms with Crippen molar-refractivity contribution in [1.29, 1.82) is 0 Å². The zero-order chi connectivity index (χ0) is 19.8. The molecule has 1 N–H and O–H groups in total. The van der Waals surface area contributed by atoms with Crippen LogP contribution in [0.25, 0.3) is 31.9 Å². The van der Waals surface area contributed by atoms with E-state index in [1.54, 1.807) is 41.1 Å². The lowest BCUT2D eigenvalue weighted by molar-refractivity contribution is 0.280. The minimum atomic E-state index is -0.367. The number of aromatic amines is 1. The van der Waals surface area contributed by atoms with E-state index in [2.05, 4.69) is 30.4 Å². The number of benzene rings is 1. The first kappa shape index (κ1) is 17.8. The number of fused-ring (bicyclic) bond motifs is 1. The number of thiophene rings is 1. The lowest BCUT2D eigenvalue weighted by Crippen LogP contribution is -1.98. The summed E-state index contributed by atoms with van der Waals surface area (Å²) in [5, 5.41) is 13.0. The van der Waals surface area contributed by atoms with Crippen LogP contribution in [0.5, 0.6) is 6.01 Å². The Morgan fingerprint density at radius 1 is 1.14 bits per heavy atom. The van der Waals surface area contributed by atoms with Gasteiger partial charge in [-0.05, 0) is 36.8 Å². The molecule has 10 heteroatoms. The van der Waals surface area contributed by atoms with E-state index in [1.807, 2.05) is 24.4 Å². The van der Waals surface area contributed by atoms with Crippen molar-refractivity contribution in [3.8, 4) is 26.9 Å². The Bertz CT molecular complexity index is 1300. The number of hydrogen-bond acceptors (Lipinski definition) is 8. The van der Waals surface area contributed by atoms with Gasteiger partial charge in [-0.25, -0.2) is 19.3 Å². The highest BCUT2D eigenvalue weighted by molar-refractivity contribution is 7.17. The standard InChI is InChI=1S/C19H13FN6OS2/c1-10-18(29-16(23-10)8-27-19-21-3-2-4-22-19)12-7-15(28-9-12)11-5-13(20)17-14(6-11)24-26-25-17/h2-7,9H,8H2,1H3,(H,24,25,26). The second-order valence-electron chi connectivity index (χ2n) is 6.21. The first-order valence-corrected chi connectivity index (χ1v) is 10.3. The Labute approximate surface area is 172 Å². The number of rotatable bonds is 5. The van der Waals surface area contributed by atoms with Crippen LogP contribution in [0.1, 0.15) is 10.7 Å². The predicted octanol–water partition coefficient (Wildman–Crippen LogP) is 4.63. The molecular formula is C19H13FN6OS2. The van der Waals surface area contributed by atoms with E-state index in [0.717, 1.165) is 31.6 Å². The molecule has 0 amide bonds. The average molecular weight is 424 g/mol. The molecule has 29 heavy (non-hydrogen) atoms. The molecule has 4 aromatic heterocycles. The fraction of sp³-hybridized carbons (Fsp3) is 0.105. The number of H-pyrrole nitrogens is 1. The van der Waals surface area contributed by atoms with Crippen molar-refractivity contribution in [2.24, 2.45) is 0 Å². The second-order valence-corrected chi connectivity index (χ2v) is 8.20. The predicted molar refractivity (Wildman–Crippen MR) is 109 cm³/mol. The Morgan fingerprint density at radius 2 is 2.00 bits per heavy atom. The van der Waals surface area contributed by atoms with Gasteiger partial charge in [0, 0.05) is 28.2 Å². The normalized spacial score (nSPS) is 11.2. The number of thiazole rings is 1. The van der Waals surface area contributed by atoms with Crippen molar-refractivity contribution < 1.29 is 9.13 Å². The highest BCUT2D eigenvalue weighted by Crippen LogP contribution is 2.38. The highest BCUT2D eigenvalue weighted by atomic mass is 32.1. The molecule has 0 spiro atoms. The van der Waals surface area contributed by atoms with Crippen LogP contribution in [0.2, 0.25) is 0 Å². The molecule has 0 saturated heterocycles. The van der Waals surface area contributed by atoms with Crippen LogP contribution in [0.15, 0.2) is 42.0 Å². The maximum absolute atomic E-state index is 14.2. The van der Waals surface area contributed by atoms with Gasteiger partial charge in [0.1, 0.15) is 22.6 Å². The van der Waals surface area contributed by atoms with E-state index in [0.29, 0.717) is 23.7 Å². The fourth-order valence-electron chi connectivity index (χ4n) is 2.93. The lowest BCUT2D eigenvalue weighted by atomic mass is 10.1. The maximum atomic E-state index is 14.2. The minimum absolute atomic E-state index is 0.306. The van der Waals surface area contributed by atoms with E-state index in [-0.39, 0.29) is 5.82 Å². The van der Waals surface area contributed by atoms with Crippen LogP contribution in [0, 0.1) is 12.7 Å². The van der Waals surface area contributed by atoms with E-state index in [1.165, 1.54) is 6.07 Å². The summed E-state index contributed by atoms with van der Waals surface area (Å²) in [7, 11) is 0. The molecule has 0 aliphatic heterocycles. The van der Waals surface area contributed by atoms with Gasteiger partial charge in [0.05, 0.1) is 10.6 Å². The maximum Gasteiger partial charge on any atom is 0.316 e. The molecular weight excluding hydrogens is 411 g/mol. The van der Waals surface area contributed by atoms with Gasteiger partial charge in [-0.3, -0.25) is 5.10 Å². The summed E-state index contributed by atoms with van der Waals surface area (Å²) >= 11 is 3.11. The Balaban J connectivity index is 1.40. The Kier molecular flexibility index (Phi) is 4.49. The number of aryl methyl sites for hydroxylation is 1. The van der Waals surface area contributed by atoms with Crippen molar-refractivity contribution >= 4 is 33.7 Å². The van der Waals surface area contributed by atoms with Crippen molar-refractivity contribution in [3.05, 3.63) is 58.6 Å². The van der Waals surface area contributed by atoms with Crippen molar-refractivity contribution in [2.45, 2.75) is 13.5 Å². The molecule has 0 unspecified atom stereocenters. The molecule has 5 rings (SSSR count). The number of aromatic nitrogens is 6. The molecule has 0 atom stereocenters. The molecule has 0 fully saturated rings. The largest absolute Gasteiger partial charge is 0.456 e. The van der Waals surface area contributed by atoms with Crippen molar-refractivity contribution in [1.82, 2.24) is 30.4 Å². The van der Waals surface area contributed by atoms with E-state index < -0.39 is 0 Å². The molecule has 0 saturated carbocycles.